The lowest BCUT2D eigenvalue weighted by Crippen LogP contribution is -2.12. The van der Waals surface area contributed by atoms with Crippen molar-refractivity contribution in [2.45, 2.75) is 13.5 Å². The van der Waals surface area contributed by atoms with Crippen molar-refractivity contribution in [2.24, 2.45) is 0 Å². The highest BCUT2D eigenvalue weighted by molar-refractivity contribution is 6.31. The fourth-order valence-corrected chi connectivity index (χ4v) is 2.82. The van der Waals surface area contributed by atoms with E-state index in [1.807, 2.05) is 6.07 Å². The average Bonchev–Trinajstić information content (AvgIpc) is 2.61. The van der Waals surface area contributed by atoms with Crippen LogP contribution in [-0.2, 0) is 6.61 Å². The van der Waals surface area contributed by atoms with Gasteiger partial charge >= 0.3 is 0 Å². The van der Waals surface area contributed by atoms with Crippen LogP contribution in [-0.4, -0.2) is 4.98 Å². The van der Waals surface area contributed by atoms with Crippen LogP contribution >= 0.6 is 11.6 Å². The number of ether oxygens (including phenoxy) is 1. The summed E-state index contributed by atoms with van der Waals surface area (Å²) in [4.78, 5) is 14.6. The van der Waals surface area contributed by atoms with E-state index in [2.05, 4.69) is 4.98 Å². The number of aromatic nitrogens is 1. The van der Waals surface area contributed by atoms with Crippen molar-refractivity contribution in [1.82, 2.24) is 4.98 Å². The van der Waals surface area contributed by atoms with Gasteiger partial charge in [0.1, 0.15) is 29.8 Å². The average molecular weight is 369 g/mol. The first-order chi connectivity index (χ1) is 12.5. The topological polar surface area (TPSA) is 65.9 Å². The van der Waals surface area contributed by atoms with E-state index in [4.69, 9.17) is 16.3 Å². The number of rotatable bonds is 4. The van der Waals surface area contributed by atoms with Crippen LogP contribution in [0.2, 0.25) is 5.02 Å². The number of hydrogen-bond acceptors (Lipinski definition) is 3. The molecule has 0 aliphatic rings. The second-order valence-electron chi connectivity index (χ2n) is 5.70. The Hall–Kier alpha value is -3.10. The van der Waals surface area contributed by atoms with Crippen LogP contribution in [0.5, 0.6) is 5.75 Å². The van der Waals surface area contributed by atoms with Crippen molar-refractivity contribution in [3.05, 3.63) is 86.5 Å². The molecule has 130 valence electrons. The molecule has 0 spiro atoms. The van der Waals surface area contributed by atoms with E-state index in [1.54, 1.807) is 43.3 Å². The Labute approximate surface area is 154 Å². The number of aromatic amines is 1. The van der Waals surface area contributed by atoms with Gasteiger partial charge in [-0.2, -0.15) is 5.26 Å². The number of nitriles is 1. The van der Waals surface area contributed by atoms with Gasteiger partial charge in [-0.1, -0.05) is 29.8 Å². The summed E-state index contributed by atoms with van der Waals surface area (Å²) in [5.74, 6) is 0.0364. The molecule has 0 aliphatic carbocycles. The molecule has 0 saturated heterocycles. The van der Waals surface area contributed by atoms with Gasteiger partial charge < -0.3 is 9.72 Å². The number of aryl methyl sites for hydroxylation is 1. The molecular weight excluding hydrogens is 355 g/mol. The molecule has 6 heteroatoms. The van der Waals surface area contributed by atoms with Gasteiger partial charge in [0, 0.05) is 16.8 Å². The van der Waals surface area contributed by atoms with Crippen LogP contribution < -0.4 is 10.3 Å². The monoisotopic (exact) mass is 368 g/mol. The summed E-state index contributed by atoms with van der Waals surface area (Å²) in [6.45, 7) is 1.71. The first kappa shape index (κ1) is 17.7. The number of benzene rings is 2. The summed E-state index contributed by atoms with van der Waals surface area (Å²) in [6.07, 6.45) is 0. The van der Waals surface area contributed by atoms with Gasteiger partial charge in [-0.15, -0.1) is 0 Å². The maximum absolute atomic E-state index is 13.8. The molecule has 1 heterocycles. The number of halogens is 2. The van der Waals surface area contributed by atoms with Crippen molar-refractivity contribution < 1.29 is 9.13 Å². The molecule has 26 heavy (non-hydrogen) atoms. The van der Waals surface area contributed by atoms with Gasteiger partial charge in [-0.3, -0.25) is 4.79 Å². The maximum Gasteiger partial charge on any atom is 0.266 e. The second-order valence-corrected chi connectivity index (χ2v) is 6.11. The summed E-state index contributed by atoms with van der Waals surface area (Å²) in [5, 5.41) is 9.57. The molecule has 2 aromatic carbocycles. The summed E-state index contributed by atoms with van der Waals surface area (Å²) >= 11 is 6.00. The largest absolute Gasteiger partial charge is 0.489 e. The van der Waals surface area contributed by atoms with Gasteiger partial charge in [0.15, 0.2) is 0 Å². The Balaban J connectivity index is 1.93. The van der Waals surface area contributed by atoms with E-state index in [-0.39, 0.29) is 22.8 Å². The highest BCUT2D eigenvalue weighted by Gasteiger charge is 2.12. The highest BCUT2D eigenvalue weighted by Crippen LogP contribution is 2.27. The van der Waals surface area contributed by atoms with Crippen LogP contribution in [0.25, 0.3) is 11.1 Å². The Morgan fingerprint density at radius 1 is 1.23 bits per heavy atom. The minimum absolute atomic E-state index is 0.0323. The molecule has 0 aliphatic heterocycles. The van der Waals surface area contributed by atoms with E-state index < -0.39 is 11.4 Å². The Morgan fingerprint density at radius 3 is 2.73 bits per heavy atom. The highest BCUT2D eigenvalue weighted by atomic mass is 35.5. The molecule has 0 radical (unpaired) electrons. The fraction of sp³-hybridized carbons (Fsp3) is 0.100. The van der Waals surface area contributed by atoms with Gasteiger partial charge in [-0.05, 0) is 42.8 Å². The number of nitrogens with one attached hydrogen (secondary N) is 1. The smallest absolute Gasteiger partial charge is 0.266 e. The number of nitrogens with zero attached hydrogens (tertiary/aromatic N) is 1. The molecule has 0 saturated carbocycles. The molecule has 0 atom stereocenters. The van der Waals surface area contributed by atoms with E-state index in [0.717, 1.165) is 0 Å². The summed E-state index contributed by atoms with van der Waals surface area (Å²) in [7, 11) is 0. The predicted molar refractivity (Wildman–Crippen MR) is 97.7 cm³/mol. The SMILES string of the molecule is Cc1cc(-c2cccc(OCc3c(F)cccc3Cl)c2)c(C#N)c(=O)[nH]1. The van der Waals surface area contributed by atoms with Crippen LogP contribution in [0.3, 0.4) is 0 Å². The lowest BCUT2D eigenvalue weighted by atomic mass is 10.0. The predicted octanol–water partition coefficient (Wildman–Crippen LogP) is 4.59. The third-order valence-electron chi connectivity index (χ3n) is 3.87. The van der Waals surface area contributed by atoms with Crippen LogP contribution in [0.4, 0.5) is 4.39 Å². The normalized spacial score (nSPS) is 10.4. The van der Waals surface area contributed by atoms with E-state index in [9.17, 15) is 14.4 Å². The second kappa shape index (κ2) is 7.42. The van der Waals surface area contributed by atoms with Gasteiger partial charge in [-0.25, -0.2) is 4.39 Å². The maximum atomic E-state index is 13.8. The van der Waals surface area contributed by atoms with Crippen molar-refractivity contribution in [3.63, 3.8) is 0 Å². The molecule has 0 bridgehead atoms. The standard InChI is InChI=1S/C20H14ClFN2O2/c1-12-8-15(16(10-23)20(25)24-12)13-4-2-5-14(9-13)26-11-17-18(21)6-3-7-19(17)22/h2-9H,11H2,1H3,(H,24,25). The number of H-pyrrole nitrogens is 1. The third kappa shape index (κ3) is 3.61. The van der Waals surface area contributed by atoms with Crippen molar-refractivity contribution in [2.75, 3.05) is 0 Å². The third-order valence-corrected chi connectivity index (χ3v) is 4.22. The van der Waals surface area contributed by atoms with Crippen molar-refractivity contribution >= 4 is 11.6 Å². The van der Waals surface area contributed by atoms with Crippen molar-refractivity contribution in [3.8, 4) is 22.9 Å². The molecule has 4 nitrogen and oxygen atoms in total. The zero-order valence-corrected chi connectivity index (χ0v) is 14.6. The van der Waals surface area contributed by atoms with E-state index >= 15 is 0 Å². The quantitative estimate of drug-likeness (QED) is 0.732. The Bertz CT molecular complexity index is 1050. The fourth-order valence-electron chi connectivity index (χ4n) is 2.61. The van der Waals surface area contributed by atoms with Crippen LogP contribution in [0.1, 0.15) is 16.8 Å². The molecule has 1 N–H and O–H groups in total. The molecule has 0 amide bonds. The molecule has 0 fully saturated rings. The van der Waals surface area contributed by atoms with Crippen molar-refractivity contribution in [1.29, 1.82) is 5.26 Å². The lowest BCUT2D eigenvalue weighted by Gasteiger charge is -2.11. The first-order valence-corrected chi connectivity index (χ1v) is 8.17. The molecule has 3 rings (SSSR count). The molecule has 1 aromatic heterocycles. The zero-order valence-electron chi connectivity index (χ0n) is 13.8. The lowest BCUT2D eigenvalue weighted by molar-refractivity contribution is 0.300. The minimum Gasteiger partial charge on any atom is -0.489 e. The Kier molecular flexibility index (Phi) is 5.06. The number of pyridine rings is 1. The zero-order chi connectivity index (χ0) is 18.7. The molecule has 3 aromatic rings. The van der Waals surface area contributed by atoms with E-state index in [0.29, 0.717) is 22.6 Å². The molecular formula is C20H14ClFN2O2. The van der Waals surface area contributed by atoms with Gasteiger partial charge in [0.25, 0.3) is 5.56 Å². The van der Waals surface area contributed by atoms with E-state index in [1.165, 1.54) is 12.1 Å². The van der Waals surface area contributed by atoms with Gasteiger partial charge in [0.2, 0.25) is 0 Å². The first-order valence-electron chi connectivity index (χ1n) is 7.79. The van der Waals surface area contributed by atoms with Crippen LogP contribution in [0, 0.1) is 24.1 Å². The summed E-state index contributed by atoms with van der Waals surface area (Å²) in [6, 6.07) is 15.0. The summed E-state index contributed by atoms with van der Waals surface area (Å²) in [5.41, 5.74) is 1.69. The Morgan fingerprint density at radius 2 is 2.00 bits per heavy atom. The summed E-state index contributed by atoms with van der Waals surface area (Å²) < 4.78 is 19.5. The van der Waals surface area contributed by atoms with Crippen LogP contribution in [0.15, 0.2) is 53.3 Å². The minimum atomic E-state index is -0.439. The number of hydrogen-bond donors (Lipinski definition) is 1. The van der Waals surface area contributed by atoms with Gasteiger partial charge in [0.05, 0.1) is 5.02 Å². The molecule has 0 unspecified atom stereocenters.